The Balaban J connectivity index is 2.00. The van der Waals surface area contributed by atoms with E-state index in [4.69, 9.17) is 10.7 Å². The lowest BCUT2D eigenvalue weighted by molar-refractivity contribution is 0.398. The molecule has 0 saturated heterocycles. The quantitative estimate of drug-likeness (QED) is 0.394. The molecule has 4 rings (SSSR count). The Morgan fingerprint density at radius 2 is 1.97 bits per heavy atom. The van der Waals surface area contributed by atoms with E-state index in [1.807, 2.05) is 25.1 Å². The fourth-order valence-electron chi connectivity index (χ4n) is 3.80. The number of benzene rings is 2. The van der Waals surface area contributed by atoms with E-state index in [0.717, 1.165) is 52.6 Å². The summed E-state index contributed by atoms with van der Waals surface area (Å²) in [5.74, 6) is 1.02. The maximum Gasteiger partial charge on any atom is 0.162 e. The predicted octanol–water partition coefficient (Wildman–Crippen LogP) is 5.00. The zero-order valence-corrected chi connectivity index (χ0v) is 17.3. The number of unbranched alkanes of at least 4 members (excludes halogenated alkanes) is 1. The molecule has 2 aromatic heterocycles. The van der Waals surface area contributed by atoms with E-state index in [0.29, 0.717) is 23.4 Å². The minimum absolute atomic E-state index is 0.114. The van der Waals surface area contributed by atoms with E-state index >= 15 is 0 Å². The van der Waals surface area contributed by atoms with E-state index < -0.39 is 0 Å². The van der Waals surface area contributed by atoms with Crippen LogP contribution in [0, 0.1) is 0 Å². The molecule has 4 aromatic rings. The standard InChI is InChI=1S/C24H26N4O2/c1-4-5-9-20-27-21-22(28(20)13-16-7-6-8-19(29)23(16)30)17-11-10-15(14(2)3)12-18(17)26-24(21)25/h6-8,10-12,29-30H,2,4-5,9,13H2,1,3H3,(H2,25,26). The van der Waals surface area contributed by atoms with Crippen molar-refractivity contribution in [2.24, 2.45) is 0 Å². The van der Waals surface area contributed by atoms with Gasteiger partial charge in [-0.2, -0.15) is 0 Å². The number of hydrogen-bond donors (Lipinski definition) is 3. The second-order valence-electron chi connectivity index (χ2n) is 7.71. The zero-order chi connectivity index (χ0) is 21.4. The van der Waals surface area contributed by atoms with Gasteiger partial charge >= 0.3 is 0 Å². The molecular weight excluding hydrogens is 376 g/mol. The van der Waals surface area contributed by atoms with Crippen molar-refractivity contribution in [2.75, 3.05) is 5.73 Å². The molecule has 0 fully saturated rings. The summed E-state index contributed by atoms with van der Waals surface area (Å²) in [5.41, 5.74) is 11.2. The normalized spacial score (nSPS) is 11.4. The molecule has 0 spiro atoms. The van der Waals surface area contributed by atoms with Crippen LogP contribution in [-0.4, -0.2) is 24.7 Å². The van der Waals surface area contributed by atoms with Crippen LogP contribution in [0.2, 0.25) is 0 Å². The van der Waals surface area contributed by atoms with Gasteiger partial charge in [0.05, 0.1) is 17.6 Å². The number of nitrogens with two attached hydrogens (primary N) is 1. The largest absolute Gasteiger partial charge is 0.504 e. The van der Waals surface area contributed by atoms with Crippen LogP contribution in [0.1, 0.15) is 43.6 Å². The lowest BCUT2D eigenvalue weighted by Crippen LogP contribution is -2.06. The molecule has 6 nitrogen and oxygen atoms in total. The van der Waals surface area contributed by atoms with E-state index in [9.17, 15) is 10.2 Å². The first-order chi connectivity index (χ1) is 14.4. The number of allylic oxidation sites excluding steroid dienone is 1. The molecule has 6 heteroatoms. The molecule has 0 amide bonds. The second kappa shape index (κ2) is 7.71. The topological polar surface area (TPSA) is 97.2 Å². The zero-order valence-electron chi connectivity index (χ0n) is 17.3. The molecule has 0 radical (unpaired) electrons. The minimum Gasteiger partial charge on any atom is -0.504 e. The van der Waals surface area contributed by atoms with Crippen molar-refractivity contribution < 1.29 is 10.2 Å². The van der Waals surface area contributed by atoms with Gasteiger partial charge in [0, 0.05) is 17.4 Å². The van der Waals surface area contributed by atoms with Crippen molar-refractivity contribution in [2.45, 2.75) is 39.7 Å². The number of pyridine rings is 1. The molecule has 0 bridgehead atoms. The molecular formula is C24H26N4O2. The average Bonchev–Trinajstić information content (AvgIpc) is 3.08. The summed E-state index contributed by atoms with van der Waals surface area (Å²) in [4.78, 5) is 9.41. The highest BCUT2D eigenvalue weighted by Gasteiger charge is 2.19. The van der Waals surface area contributed by atoms with Gasteiger partial charge in [-0.3, -0.25) is 0 Å². The first-order valence-electron chi connectivity index (χ1n) is 10.1. The number of nitrogens with zero attached hydrogens (tertiary/aromatic N) is 3. The fourth-order valence-corrected chi connectivity index (χ4v) is 3.80. The molecule has 30 heavy (non-hydrogen) atoms. The Morgan fingerprint density at radius 1 is 1.17 bits per heavy atom. The summed E-state index contributed by atoms with van der Waals surface area (Å²) in [6.45, 7) is 8.49. The third kappa shape index (κ3) is 3.34. The number of phenols is 2. The maximum absolute atomic E-state index is 10.4. The number of rotatable bonds is 6. The summed E-state index contributed by atoms with van der Waals surface area (Å²) in [5, 5.41) is 21.3. The smallest absolute Gasteiger partial charge is 0.162 e. The first-order valence-corrected chi connectivity index (χ1v) is 10.1. The Kier molecular flexibility index (Phi) is 5.08. The van der Waals surface area contributed by atoms with Gasteiger partial charge in [-0.1, -0.05) is 49.8 Å². The summed E-state index contributed by atoms with van der Waals surface area (Å²) in [6, 6.07) is 11.0. The summed E-state index contributed by atoms with van der Waals surface area (Å²) in [6.07, 6.45) is 2.81. The maximum atomic E-state index is 10.4. The number of aryl methyl sites for hydroxylation is 1. The third-order valence-corrected chi connectivity index (χ3v) is 5.46. The highest BCUT2D eigenvalue weighted by molar-refractivity contribution is 6.07. The number of aromatic nitrogens is 3. The van der Waals surface area contributed by atoms with Crippen molar-refractivity contribution in [1.82, 2.24) is 14.5 Å². The SMILES string of the molecule is C=C(C)c1ccc2c(c1)nc(N)c1nc(CCCC)n(Cc3cccc(O)c3O)c12. The molecule has 0 unspecified atom stereocenters. The molecule has 2 heterocycles. The fraction of sp³-hybridized carbons (Fsp3) is 0.250. The molecule has 2 aromatic carbocycles. The number of phenolic OH excluding ortho intramolecular Hbond substituents is 2. The Labute approximate surface area is 175 Å². The van der Waals surface area contributed by atoms with Crippen LogP contribution in [0.25, 0.3) is 27.5 Å². The number of anilines is 1. The Morgan fingerprint density at radius 3 is 2.70 bits per heavy atom. The van der Waals surface area contributed by atoms with E-state index in [1.165, 1.54) is 6.07 Å². The van der Waals surface area contributed by atoms with Gasteiger partial charge in [0.2, 0.25) is 0 Å². The van der Waals surface area contributed by atoms with Crippen molar-refractivity contribution >= 4 is 33.3 Å². The van der Waals surface area contributed by atoms with Gasteiger partial charge in [0.1, 0.15) is 11.3 Å². The lowest BCUT2D eigenvalue weighted by Gasteiger charge is -2.13. The number of imidazole rings is 1. The number of aromatic hydroxyl groups is 2. The number of fused-ring (bicyclic) bond motifs is 3. The molecule has 0 aliphatic rings. The molecule has 4 N–H and O–H groups in total. The Hall–Kier alpha value is -3.54. The number of para-hydroxylation sites is 1. The summed E-state index contributed by atoms with van der Waals surface area (Å²) < 4.78 is 2.08. The summed E-state index contributed by atoms with van der Waals surface area (Å²) in [7, 11) is 0. The molecule has 0 saturated carbocycles. The average molecular weight is 402 g/mol. The molecule has 154 valence electrons. The van der Waals surface area contributed by atoms with Gasteiger partial charge in [-0.15, -0.1) is 0 Å². The monoisotopic (exact) mass is 402 g/mol. The van der Waals surface area contributed by atoms with E-state index in [-0.39, 0.29) is 11.5 Å². The summed E-state index contributed by atoms with van der Waals surface area (Å²) >= 11 is 0. The van der Waals surface area contributed by atoms with Gasteiger partial charge < -0.3 is 20.5 Å². The molecule has 0 atom stereocenters. The van der Waals surface area contributed by atoms with Crippen LogP contribution in [0.15, 0.2) is 43.0 Å². The first kappa shape index (κ1) is 19.8. The van der Waals surface area contributed by atoms with Crippen molar-refractivity contribution in [3.63, 3.8) is 0 Å². The number of nitrogen functional groups attached to an aromatic ring is 1. The minimum atomic E-state index is -0.135. The van der Waals surface area contributed by atoms with Crippen LogP contribution >= 0.6 is 0 Å². The highest BCUT2D eigenvalue weighted by Crippen LogP contribution is 2.34. The van der Waals surface area contributed by atoms with Crippen molar-refractivity contribution in [3.05, 3.63) is 59.9 Å². The van der Waals surface area contributed by atoms with Crippen LogP contribution in [0.5, 0.6) is 11.5 Å². The van der Waals surface area contributed by atoms with Crippen LogP contribution in [0.3, 0.4) is 0 Å². The van der Waals surface area contributed by atoms with Crippen molar-refractivity contribution in [1.29, 1.82) is 0 Å². The van der Waals surface area contributed by atoms with Crippen LogP contribution < -0.4 is 5.73 Å². The third-order valence-electron chi connectivity index (χ3n) is 5.46. The van der Waals surface area contributed by atoms with Crippen LogP contribution in [-0.2, 0) is 13.0 Å². The van der Waals surface area contributed by atoms with Gasteiger partial charge in [-0.05, 0) is 31.0 Å². The van der Waals surface area contributed by atoms with Gasteiger partial charge in [0.25, 0.3) is 0 Å². The molecule has 0 aliphatic carbocycles. The van der Waals surface area contributed by atoms with Gasteiger partial charge in [0.15, 0.2) is 17.3 Å². The van der Waals surface area contributed by atoms with E-state index in [2.05, 4.69) is 23.1 Å². The van der Waals surface area contributed by atoms with Crippen LogP contribution in [0.4, 0.5) is 5.82 Å². The number of hydrogen-bond acceptors (Lipinski definition) is 5. The Bertz CT molecular complexity index is 1270. The van der Waals surface area contributed by atoms with E-state index in [1.54, 1.807) is 12.1 Å². The molecule has 0 aliphatic heterocycles. The van der Waals surface area contributed by atoms with Gasteiger partial charge in [-0.25, -0.2) is 9.97 Å². The van der Waals surface area contributed by atoms with Crippen molar-refractivity contribution in [3.8, 4) is 11.5 Å². The second-order valence-corrected chi connectivity index (χ2v) is 7.71. The highest BCUT2D eigenvalue weighted by atomic mass is 16.3. The predicted molar refractivity (Wildman–Crippen MR) is 122 cm³/mol. The lowest BCUT2D eigenvalue weighted by atomic mass is 10.1.